The van der Waals surface area contributed by atoms with Gasteiger partial charge in [0, 0.05) is 6.07 Å². The fraction of sp³-hybridized carbons (Fsp3) is 0.200. The first kappa shape index (κ1) is 11.5. The number of benzene rings is 1. The van der Waals surface area contributed by atoms with Gasteiger partial charge in [0.2, 0.25) is 0 Å². The number of nitrogens with zero attached hydrogens (tertiary/aromatic N) is 3. The molecule has 0 fully saturated rings. The van der Waals surface area contributed by atoms with Gasteiger partial charge in [0.05, 0.1) is 41.7 Å². The topological polar surface area (TPSA) is 99.9 Å². The SMILES string of the molecule is COc1cc(C#N)cc([N+](=O)[O-])c1CC#N. The summed E-state index contributed by atoms with van der Waals surface area (Å²) in [5.74, 6) is 0.187. The molecule has 0 aliphatic heterocycles. The fourth-order valence-electron chi connectivity index (χ4n) is 1.30. The predicted molar refractivity (Wildman–Crippen MR) is 53.7 cm³/mol. The number of nitro groups is 1. The first-order valence-electron chi connectivity index (χ1n) is 4.26. The third-order valence-corrected chi connectivity index (χ3v) is 1.99. The highest BCUT2D eigenvalue weighted by molar-refractivity contribution is 5.56. The molecule has 0 saturated carbocycles. The summed E-state index contributed by atoms with van der Waals surface area (Å²) in [4.78, 5) is 10.1. The molecule has 0 radical (unpaired) electrons. The Hall–Kier alpha value is -2.60. The molecular formula is C10H7N3O3. The van der Waals surface area contributed by atoms with Crippen LogP contribution in [0.5, 0.6) is 5.75 Å². The summed E-state index contributed by atoms with van der Waals surface area (Å²) in [5.41, 5.74) is 0.0525. The van der Waals surface area contributed by atoms with Gasteiger partial charge in [-0.15, -0.1) is 0 Å². The molecule has 1 aromatic carbocycles. The first-order valence-corrected chi connectivity index (χ1v) is 4.26. The van der Waals surface area contributed by atoms with E-state index in [1.807, 2.05) is 6.07 Å². The van der Waals surface area contributed by atoms with Crippen LogP contribution in [0.1, 0.15) is 11.1 Å². The molecule has 0 aliphatic carbocycles. The molecule has 0 atom stereocenters. The average molecular weight is 217 g/mol. The van der Waals surface area contributed by atoms with Gasteiger partial charge in [0.15, 0.2) is 0 Å². The van der Waals surface area contributed by atoms with Crippen LogP contribution in [0, 0.1) is 32.8 Å². The van der Waals surface area contributed by atoms with Crippen molar-refractivity contribution in [1.29, 1.82) is 10.5 Å². The highest BCUT2D eigenvalue weighted by Crippen LogP contribution is 2.30. The van der Waals surface area contributed by atoms with Crippen molar-refractivity contribution in [2.45, 2.75) is 6.42 Å². The summed E-state index contributed by atoms with van der Waals surface area (Å²) in [5, 5.41) is 28.0. The normalized spacial score (nSPS) is 8.94. The highest BCUT2D eigenvalue weighted by Gasteiger charge is 2.20. The fourth-order valence-corrected chi connectivity index (χ4v) is 1.30. The van der Waals surface area contributed by atoms with Crippen molar-refractivity contribution in [2.75, 3.05) is 7.11 Å². The van der Waals surface area contributed by atoms with E-state index in [0.717, 1.165) is 6.07 Å². The molecule has 80 valence electrons. The lowest BCUT2D eigenvalue weighted by Gasteiger charge is -2.06. The second-order valence-electron chi connectivity index (χ2n) is 2.88. The lowest BCUT2D eigenvalue weighted by Crippen LogP contribution is -1.99. The molecule has 1 aromatic rings. The van der Waals surface area contributed by atoms with Gasteiger partial charge in [-0.2, -0.15) is 10.5 Å². The van der Waals surface area contributed by atoms with Gasteiger partial charge in [-0.05, 0) is 6.07 Å². The summed E-state index contributed by atoms with van der Waals surface area (Å²) >= 11 is 0. The summed E-state index contributed by atoms with van der Waals surface area (Å²) in [6.45, 7) is 0. The number of hydrogen-bond donors (Lipinski definition) is 0. The first-order chi connectivity index (χ1) is 7.63. The Morgan fingerprint density at radius 3 is 2.62 bits per heavy atom. The van der Waals surface area contributed by atoms with E-state index in [-0.39, 0.29) is 29.0 Å². The van der Waals surface area contributed by atoms with Crippen molar-refractivity contribution in [3.63, 3.8) is 0 Å². The molecule has 0 saturated heterocycles. The molecule has 0 spiro atoms. The molecule has 0 heterocycles. The van der Waals surface area contributed by atoms with Crippen molar-refractivity contribution in [2.24, 2.45) is 0 Å². The van der Waals surface area contributed by atoms with Crippen LogP contribution in [-0.2, 0) is 6.42 Å². The maximum absolute atomic E-state index is 10.8. The zero-order valence-corrected chi connectivity index (χ0v) is 8.43. The Bertz CT molecular complexity index is 511. The van der Waals surface area contributed by atoms with Gasteiger partial charge >= 0.3 is 0 Å². The van der Waals surface area contributed by atoms with E-state index in [2.05, 4.69) is 0 Å². The van der Waals surface area contributed by atoms with Crippen LogP contribution < -0.4 is 4.74 Å². The number of rotatable bonds is 3. The van der Waals surface area contributed by atoms with E-state index >= 15 is 0 Å². The molecule has 1 rings (SSSR count). The number of nitriles is 2. The summed E-state index contributed by atoms with van der Waals surface area (Å²) in [7, 11) is 1.33. The maximum atomic E-state index is 10.8. The molecule has 0 bridgehead atoms. The largest absolute Gasteiger partial charge is 0.496 e. The van der Waals surface area contributed by atoms with Gasteiger partial charge < -0.3 is 4.74 Å². The van der Waals surface area contributed by atoms with Crippen LogP contribution in [0.4, 0.5) is 5.69 Å². The summed E-state index contributed by atoms with van der Waals surface area (Å²) in [6.07, 6.45) is -0.134. The summed E-state index contributed by atoms with van der Waals surface area (Å²) in [6, 6.07) is 6.13. The lowest BCUT2D eigenvalue weighted by molar-refractivity contribution is -0.385. The molecule has 0 aliphatic rings. The number of nitro benzene ring substituents is 1. The second kappa shape index (κ2) is 4.76. The molecule has 0 amide bonds. The number of methoxy groups -OCH3 is 1. The van der Waals surface area contributed by atoms with E-state index in [1.54, 1.807) is 6.07 Å². The monoisotopic (exact) mass is 217 g/mol. The zero-order valence-electron chi connectivity index (χ0n) is 8.43. The third kappa shape index (κ3) is 2.07. The van der Waals surface area contributed by atoms with Crippen LogP contribution >= 0.6 is 0 Å². The molecule has 16 heavy (non-hydrogen) atoms. The number of hydrogen-bond acceptors (Lipinski definition) is 5. The van der Waals surface area contributed by atoms with Crippen molar-refractivity contribution in [3.05, 3.63) is 33.4 Å². The Morgan fingerprint density at radius 2 is 2.19 bits per heavy atom. The zero-order chi connectivity index (χ0) is 12.1. The van der Waals surface area contributed by atoms with E-state index in [0.29, 0.717) is 0 Å². The van der Waals surface area contributed by atoms with Crippen LogP contribution in [0.25, 0.3) is 0 Å². The molecule has 6 nitrogen and oxygen atoms in total. The Morgan fingerprint density at radius 1 is 1.50 bits per heavy atom. The standard InChI is InChI=1S/C10H7N3O3/c1-16-10-5-7(6-12)4-9(13(14)15)8(10)2-3-11/h4-5H,2H2,1H3. The number of ether oxygens (including phenoxy) is 1. The predicted octanol–water partition coefficient (Wildman–Crippen LogP) is 1.54. The Balaban J connectivity index is 3.49. The summed E-state index contributed by atoms with van der Waals surface area (Å²) < 4.78 is 4.92. The maximum Gasteiger partial charge on any atom is 0.278 e. The van der Waals surface area contributed by atoms with Crippen molar-refractivity contribution in [3.8, 4) is 17.9 Å². The second-order valence-corrected chi connectivity index (χ2v) is 2.88. The van der Waals surface area contributed by atoms with Gasteiger partial charge in [0.25, 0.3) is 5.69 Å². The minimum atomic E-state index is -0.629. The molecule has 0 aromatic heterocycles. The van der Waals surface area contributed by atoms with E-state index in [9.17, 15) is 10.1 Å². The molecule has 0 unspecified atom stereocenters. The smallest absolute Gasteiger partial charge is 0.278 e. The Kier molecular flexibility index (Phi) is 3.41. The van der Waals surface area contributed by atoms with Gasteiger partial charge in [-0.1, -0.05) is 0 Å². The van der Waals surface area contributed by atoms with E-state index < -0.39 is 4.92 Å². The molecule has 0 N–H and O–H groups in total. The van der Waals surface area contributed by atoms with Gasteiger partial charge in [0.1, 0.15) is 5.75 Å². The molecule has 6 heteroatoms. The van der Waals surface area contributed by atoms with Crippen molar-refractivity contribution < 1.29 is 9.66 Å². The van der Waals surface area contributed by atoms with Crippen molar-refractivity contribution in [1.82, 2.24) is 0 Å². The van der Waals surface area contributed by atoms with Gasteiger partial charge in [-0.3, -0.25) is 10.1 Å². The van der Waals surface area contributed by atoms with Crippen molar-refractivity contribution >= 4 is 5.69 Å². The van der Waals surface area contributed by atoms with E-state index in [1.165, 1.54) is 13.2 Å². The highest BCUT2D eigenvalue weighted by atomic mass is 16.6. The Labute approximate surface area is 91.4 Å². The van der Waals surface area contributed by atoms with E-state index in [4.69, 9.17) is 15.3 Å². The van der Waals surface area contributed by atoms with Crippen LogP contribution in [0.15, 0.2) is 12.1 Å². The lowest BCUT2D eigenvalue weighted by atomic mass is 10.1. The van der Waals surface area contributed by atoms with Crippen LogP contribution in [0.3, 0.4) is 0 Å². The van der Waals surface area contributed by atoms with Crippen LogP contribution in [-0.4, -0.2) is 12.0 Å². The average Bonchev–Trinajstić information content (AvgIpc) is 2.29. The van der Waals surface area contributed by atoms with Crippen LogP contribution in [0.2, 0.25) is 0 Å². The van der Waals surface area contributed by atoms with Gasteiger partial charge in [-0.25, -0.2) is 0 Å². The minimum absolute atomic E-state index is 0.130. The molecular weight excluding hydrogens is 210 g/mol. The third-order valence-electron chi connectivity index (χ3n) is 1.99. The minimum Gasteiger partial charge on any atom is -0.496 e. The quantitative estimate of drug-likeness (QED) is 0.564.